The Hall–Kier alpha value is -0.570. The number of nitrogens with zero attached hydrogens (tertiary/aromatic N) is 1. The molecule has 3 N–H and O–H groups in total. The molecule has 0 bridgehead atoms. The molecule has 1 atom stereocenters. The van der Waals surface area contributed by atoms with Crippen LogP contribution in [-0.4, -0.2) is 29.9 Å². The predicted octanol–water partition coefficient (Wildman–Crippen LogP) is 1.68. The summed E-state index contributed by atoms with van der Waals surface area (Å²) in [7, 11) is 0. The molecule has 0 aromatic carbocycles. The average Bonchev–Trinajstić information content (AvgIpc) is 1.98. The normalized spacial score (nSPS) is 13.7. The van der Waals surface area contributed by atoms with E-state index in [0.29, 0.717) is 18.4 Å². The molecule has 78 valence electrons. The van der Waals surface area contributed by atoms with Gasteiger partial charge in [-0.2, -0.15) is 0 Å². The van der Waals surface area contributed by atoms with Crippen LogP contribution >= 0.6 is 0 Å². The molecule has 0 aliphatic carbocycles. The minimum Gasteiger partial charge on any atom is -0.388 e. The molecule has 0 aliphatic rings. The highest BCUT2D eigenvalue weighted by Gasteiger charge is 2.13. The minimum atomic E-state index is 0.287. The third-order valence-electron chi connectivity index (χ3n) is 2.14. The van der Waals surface area contributed by atoms with E-state index in [-0.39, 0.29) is 5.84 Å². The Morgan fingerprint density at radius 3 is 2.23 bits per heavy atom. The summed E-state index contributed by atoms with van der Waals surface area (Å²) in [5.74, 6) is 0.962. The summed E-state index contributed by atoms with van der Waals surface area (Å²) in [6, 6.07) is 0.393. The molecule has 0 saturated heterocycles. The van der Waals surface area contributed by atoms with E-state index in [0.717, 1.165) is 13.1 Å². The van der Waals surface area contributed by atoms with Crippen LogP contribution in [-0.2, 0) is 0 Å². The average molecular weight is 185 g/mol. The number of rotatable bonds is 6. The van der Waals surface area contributed by atoms with Crippen LogP contribution in [0.1, 0.15) is 34.1 Å². The molecule has 0 spiro atoms. The second-order valence-corrected chi connectivity index (χ2v) is 4.06. The van der Waals surface area contributed by atoms with Crippen molar-refractivity contribution < 1.29 is 0 Å². The number of hydrogen-bond donors (Lipinski definition) is 2. The van der Waals surface area contributed by atoms with Gasteiger partial charge in [-0.05, 0) is 19.4 Å². The van der Waals surface area contributed by atoms with Gasteiger partial charge in [0.15, 0.2) is 0 Å². The minimum absolute atomic E-state index is 0.287. The van der Waals surface area contributed by atoms with Gasteiger partial charge in [-0.3, -0.25) is 5.41 Å². The van der Waals surface area contributed by atoms with Crippen LogP contribution in [0.15, 0.2) is 0 Å². The lowest BCUT2D eigenvalue weighted by Gasteiger charge is -2.29. The maximum absolute atomic E-state index is 7.23. The Kier molecular flexibility index (Phi) is 5.71. The molecule has 3 heteroatoms. The summed E-state index contributed by atoms with van der Waals surface area (Å²) in [6.45, 7) is 10.8. The highest BCUT2D eigenvalue weighted by molar-refractivity contribution is 5.77. The molecular weight excluding hydrogens is 162 g/mol. The zero-order chi connectivity index (χ0) is 10.4. The fourth-order valence-corrected chi connectivity index (χ4v) is 1.54. The van der Waals surface area contributed by atoms with Crippen molar-refractivity contribution >= 4 is 5.84 Å². The van der Waals surface area contributed by atoms with E-state index in [1.165, 1.54) is 0 Å². The van der Waals surface area contributed by atoms with Gasteiger partial charge in [0, 0.05) is 19.0 Å². The van der Waals surface area contributed by atoms with Crippen molar-refractivity contribution in [3.8, 4) is 0 Å². The van der Waals surface area contributed by atoms with Crippen LogP contribution in [0.5, 0.6) is 0 Å². The molecule has 0 aromatic heterocycles. The third kappa shape index (κ3) is 5.64. The first kappa shape index (κ1) is 12.4. The number of hydrogen-bond acceptors (Lipinski definition) is 2. The first-order chi connectivity index (χ1) is 5.97. The van der Waals surface area contributed by atoms with E-state index in [4.69, 9.17) is 11.1 Å². The second kappa shape index (κ2) is 5.97. The third-order valence-corrected chi connectivity index (χ3v) is 2.14. The zero-order valence-corrected chi connectivity index (χ0v) is 9.30. The Balaban J connectivity index is 3.98. The predicted molar refractivity (Wildman–Crippen MR) is 58.1 cm³/mol. The van der Waals surface area contributed by atoms with Crippen molar-refractivity contribution in [2.75, 3.05) is 13.1 Å². The first-order valence-electron chi connectivity index (χ1n) is 5.04. The fraction of sp³-hybridized carbons (Fsp3) is 0.900. The van der Waals surface area contributed by atoms with Gasteiger partial charge in [0.2, 0.25) is 0 Å². The Morgan fingerprint density at radius 2 is 1.92 bits per heavy atom. The summed E-state index contributed by atoms with van der Waals surface area (Å²) in [6.07, 6.45) is 0.681. The van der Waals surface area contributed by atoms with Gasteiger partial charge in [0.25, 0.3) is 0 Å². The van der Waals surface area contributed by atoms with Crippen LogP contribution in [0, 0.1) is 11.3 Å². The van der Waals surface area contributed by atoms with Crippen LogP contribution in [0.3, 0.4) is 0 Å². The molecule has 0 aromatic rings. The van der Waals surface area contributed by atoms with Crippen LogP contribution < -0.4 is 5.73 Å². The molecule has 0 radical (unpaired) electrons. The largest absolute Gasteiger partial charge is 0.388 e. The maximum atomic E-state index is 7.23. The SMILES string of the molecule is CCN(CC(C)C)C(C)CC(=N)N. The molecule has 13 heavy (non-hydrogen) atoms. The monoisotopic (exact) mass is 185 g/mol. The summed E-state index contributed by atoms with van der Waals surface area (Å²) in [4.78, 5) is 2.37. The van der Waals surface area contributed by atoms with Crippen molar-refractivity contribution in [2.45, 2.75) is 40.2 Å². The van der Waals surface area contributed by atoms with Crippen molar-refractivity contribution in [1.82, 2.24) is 4.90 Å². The van der Waals surface area contributed by atoms with Crippen molar-refractivity contribution in [2.24, 2.45) is 11.7 Å². The van der Waals surface area contributed by atoms with Crippen LogP contribution in [0.4, 0.5) is 0 Å². The number of nitrogens with two attached hydrogens (primary N) is 1. The second-order valence-electron chi connectivity index (χ2n) is 4.06. The molecule has 0 amide bonds. The van der Waals surface area contributed by atoms with Crippen molar-refractivity contribution in [3.05, 3.63) is 0 Å². The molecule has 1 unspecified atom stereocenters. The summed E-state index contributed by atoms with van der Waals surface area (Å²) in [5, 5.41) is 7.23. The first-order valence-corrected chi connectivity index (χ1v) is 5.04. The lowest BCUT2D eigenvalue weighted by molar-refractivity contribution is 0.200. The lowest BCUT2D eigenvalue weighted by atomic mass is 10.1. The summed E-state index contributed by atoms with van der Waals surface area (Å²) in [5.41, 5.74) is 5.37. The standard InChI is InChI=1S/C10H23N3/c1-5-13(7-8(2)3)9(4)6-10(11)12/h8-9H,5-7H2,1-4H3,(H3,11,12). The van der Waals surface area contributed by atoms with Crippen molar-refractivity contribution in [1.29, 1.82) is 5.41 Å². The topological polar surface area (TPSA) is 53.1 Å². The molecule has 0 heterocycles. The van der Waals surface area contributed by atoms with E-state index in [9.17, 15) is 0 Å². The van der Waals surface area contributed by atoms with Crippen LogP contribution in [0.2, 0.25) is 0 Å². The van der Waals surface area contributed by atoms with E-state index in [1.807, 2.05) is 0 Å². The summed E-state index contributed by atoms with van der Waals surface area (Å²) < 4.78 is 0. The maximum Gasteiger partial charge on any atom is 0.0920 e. The molecule has 0 fully saturated rings. The van der Waals surface area contributed by atoms with E-state index >= 15 is 0 Å². The van der Waals surface area contributed by atoms with Crippen molar-refractivity contribution in [3.63, 3.8) is 0 Å². The van der Waals surface area contributed by atoms with Gasteiger partial charge in [-0.15, -0.1) is 0 Å². The Morgan fingerprint density at radius 1 is 1.38 bits per heavy atom. The Bertz CT molecular complexity index is 154. The fourth-order valence-electron chi connectivity index (χ4n) is 1.54. The van der Waals surface area contributed by atoms with E-state index in [1.54, 1.807) is 0 Å². The number of amidine groups is 1. The Labute approximate surface area is 81.8 Å². The van der Waals surface area contributed by atoms with E-state index in [2.05, 4.69) is 32.6 Å². The van der Waals surface area contributed by atoms with E-state index < -0.39 is 0 Å². The highest BCUT2D eigenvalue weighted by Crippen LogP contribution is 2.06. The van der Waals surface area contributed by atoms with Crippen LogP contribution in [0.25, 0.3) is 0 Å². The van der Waals surface area contributed by atoms with Gasteiger partial charge < -0.3 is 10.6 Å². The molecule has 0 saturated carbocycles. The molecule has 3 nitrogen and oxygen atoms in total. The molecular formula is C10H23N3. The highest BCUT2D eigenvalue weighted by atomic mass is 15.1. The molecule has 0 aliphatic heterocycles. The van der Waals surface area contributed by atoms with Gasteiger partial charge in [0.05, 0.1) is 5.84 Å². The quantitative estimate of drug-likeness (QED) is 0.488. The smallest absolute Gasteiger partial charge is 0.0920 e. The van der Waals surface area contributed by atoms with Gasteiger partial charge in [0.1, 0.15) is 0 Å². The van der Waals surface area contributed by atoms with Gasteiger partial charge in [-0.1, -0.05) is 20.8 Å². The summed E-state index contributed by atoms with van der Waals surface area (Å²) >= 11 is 0. The van der Waals surface area contributed by atoms with Gasteiger partial charge in [-0.25, -0.2) is 0 Å². The van der Waals surface area contributed by atoms with Gasteiger partial charge >= 0.3 is 0 Å². The zero-order valence-electron chi connectivity index (χ0n) is 9.30. The molecule has 0 rings (SSSR count). The number of nitrogens with one attached hydrogen (secondary N) is 1. The lowest BCUT2D eigenvalue weighted by Crippen LogP contribution is -2.38.